The fourth-order valence-electron chi connectivity index (χ4n) is 2.72. The van der Waals surface area contributed by atoms with Gasteiger partial charge in [-0.05, 0) is 32.2 Å². The summed E-state index contributed by atoms with van der Waals surface area (Å²) in [5, 5.41) is 3.40. The molecule has 0 aromatic rings. The largest absolute Gasteiger partial charge is 0.325 e. The van der Waals surface area contributed by atoms with Crippen LogP contribution in [0.5, 0.6) is 0 Å². The molecule has 0 aromatic carbocycles. The number of carbonyl (C=O) groups is 1. The summed E-state index contributed by atoms with van der Waals surface area (Å²) in [6.07, 6.45) is 5.28. The first kappa shape index (κ1) is 9.60. The van der Waals surface area contributed by atoms with Gasteiger partial charge in [0.2, 0.25) is 5.91 Å². The predicted molar refractivity (Wildman–Crippen MR) is 57.3 cm³/mol. The summed E-state index contributed by atoms with van der Waals surface area (Å²) >= 11 is 0. The third-order valence-electron chi connectivity index (χ3n) is 3.76. The Bertz CT molecular complexity index is 259. The van der Waals surface area contributed by atoms with Crippen molar-refractivity contribution in [3.8, 4) is 0 Å². The number of piperazine rings is 1. The van der Waals surface area contributed by atoms with Crippen LogP contribution in [0.15, 0.2) is 0 Å². The highest BCUT2D eigenvalue weighted by molar-refractivity contribution is 5.79. The molecule has 1 N–H and O–H groups in total. The molecule has 4 nitrogen and oxygen atoms in total. The van der Waals surface area contributed by atoms with Crippen LogP contribution in [0.4, 0.5) is 0 Å². The first-order chi connectivity index (χ1) is 7.34. The van der Waals surface area contributed by atoms with Crippen molar-refractivity contribution in [3.05, 3.63) is 0 Å². The summed E-state index contributed by atoms with van der Waals surface area (Å²) in [5.41, 5.74) is 0. The Morgan fingerprint density at radius 2 is 2.07 bits per heavy atom. The molecule has 3 aliphatic rings. The van der Waals surface area contributed by atoms with Crippen LogP contribution in [0.3, 0.4) is 0 Å². The van der Waals surface area contributed by atoms with E-state index in [2.05, 4.69) is 10.2 Å². The number of hydrogen-bond donors (Lipinski definition) is 1. The first-order valence-corrected chi connectivity index (χ1v) is 6.11. The molecule has 0 bridgehead atoms. The fourth-order valence-corrected chi connectivity index (χ4v) is 2.72. The van der Waals surface area contributed by atoms with Gasteiger partial charge in [0.05, 0.1) is 12.7 Å². The zero-order chi connectivity index (χ0) is 10.3. The molecule has 1 aliphatic carbocycles. The number of hydrogen-bond acceptors (Lipinski definition) is 3. The molecule has 2 saturated heterocycles. The minimum atomic E-state index is 0.326. The normalized spacial score (nSPS) is 33.7. The Labute approximate surface area is 90.6 Å². The molecule has 1 amide bonds. The summed E-state index contributed by atoms with van der Waals surface area (Å²) in [4.78, 5) is 16.4. The summed E-state index contributed by atoms with van der Waals surface area (Å²) in [5.74, 6) is 0.326. The van der Waals surface area contributed by atoms with Crippen molar-refractivity contribution in [1.82, 2.24) is 15.1 Å². The van der Waals surface area contributed by atoms with Crippen molar-refractivity contribution in [2.45, 2.75) is 37.9 Å². The Morgan fingerprint density at radius 3 is 2.67 bits per heavy atom. The van der Waals surface area contributed by atoms with Crippen molar-refractivity contribution in [2.75, 3.05) is 26.2 Å². The maximum absolute atomic E-state index is 12.0. The third-order valence-corrected chi connectivity index (χ3v) is 3.76. The van der Waals surface area contributed by atoms with Gasteiger partial charge in [0.25, 0.3) is 0 Å². The maximum atomic E-state index is 12.0. The Morgan fingerprint density at radius 1 is 1.20 bits per heavy atom. The fraction of sp³-hybridized carbons (Fsp3) is 0.909. The number of nitrogens with one attached hydrogen (secondary N) is 1. The van der Waals surface area contributed by atoms with Crippen LogP contribution in [0, 0.1) is 0 Å². The number of rotatable bonds is 2. The molecule has 2 heterocycles. The minimum Gasteiger partial charge on any atom is -0.325 e. The first-order valence-electron chi connectivity index (χ1n) is 6.11. The topological polar surface area (TPSA) is 35.6 Å². The van der Waals surface area contributed by atoms with Gasteiger partial charge in [-0.15, -0.1) is 0 Å². The van der Waals surface area contributed by atoms with Crippen LogP contribution < -0.4 is 5.32 Å². The summed E-state index contributed by atoms with van der Waals surface area (Å²) in [6, 6.07) is 0.729. The second-order valence-corrected chi connectivity index (χ2v) is 4.90. The molecule has 3 rings (SSSR count). The average Bonchev–Trinajstić information content (AvgIpc) is 2.95. The van der Waals surface area contributed by atoms with Crippen molar-refractivity contribution in [1.29, 1.82) is 0 Å². The quantitative estimate of drug-likeness (QED) is 0.695. The highest BCUT2D eigenvalue weighted by Crippen LogP contribution is 2.28. The van der Waals surface area contributed by atoms with Crippen LogP contribution in [0.2, 0.25) is 0 Å². The van der Waals surface area contributed by atoms with Crippen molar-refractivity contribution in [2.24, 2.45) is 0 Å². The highest BCUT2D eigenvalue weighted by Gasteiger charge is 2.36. The number of nitrogens with zero attached hydrogens (tertiary/aromatic N) is 2. The molecule has 4 heteroatoms. The third kappa shape index (κ3) is 1.88. The molecule has 1 unspecified atom stereocenters. The van der Waals surface area contributed by atoms with Crippen LogP contribution in [-0.2, 0) is 4.79 Å². The standard InChI is InChI=1S/C11H19N3O/c15-11-8-13(9-3-4-9)6-7-14(11)10-2-1-5-12-10/h9-10,12H,1-8H2. The predicted octanol–water partition coefficient (Wildman–Crippen LogP) is 0.00250. The smallest absolute Gasteiger partial charge is 0.238 e. The molecule has 1 atom stereocenters. The van der Waals surface area contributed by atoms with E-state index in [1.807, 2.05) is 4.90 Å². The number of carbonyl (C=O) groups excluding carboxylic acids is 1. The van der Waals surface area contributed by atoms with Gasteiger partial charge in [0, 0.05) is 19.1 Å². The SMILES string of the molecule is O=C1CN(C2CC2)CCN1C1CCCN1. The van der Waals surface area contributed by atoms with Crippen LogP contribution in [-0.4, -0.2) is 54.1 Å². The molecule has 0 spiro atoms. The second-order valence-electron chi connectivity index (χ2n) is 4.90. The molecule has 15 heavy (non-hydrogen) atoms. The van der Waals surface area contributed by atoms with Gasteiger partial charge < -0.3 is 4.90 Å². The van der Waals surface area contributed by atoms with Gasteiger partial charge in [-0.3, -0.25) is 15.0 Å². The van der Waals surface area contributed by atoms with E-state index in [1.165, 1.54) is 19.3 Å². The van der Waals surface area contributed by atoms with E-state index in [0.717, 1.165) is 32.1 Å². The summed E-state index contributed by atoms with van der Waals surface area (Å²) in [6.45, 7) is 3.73. The lowest BCUT2D eigenvalue weighted by atomic mass is 10.2. The van der Waals surface area contributed by atoms with E-state index < -0.39 is 0 Å². The molecule has 3 fully saturated rings. The lowest BCUT2D eigenvalue weighted by molar-refractivity contribution is -0.139. The molecule has 0 aromatic heterocycles. The van der Waals surface area contributed by atoms with Crippen molar-refractivity contribution < 1.29 is 4.79 Å². The average molecular weight is 209 g/mol. The summed E-state index contributed by atoms with van der Waals surface area (Å²) in [7, 11) is 0. The van der Waals surface area contributed by atoms with Gasteiger partial charge in [0.15, 0.2) is 0 Å². The Kier molecular flexibility index (Phi) is 2.41. The van der Waals surface area contributed by atoms with E-state index in [0.29, 0.717) is 18.6 Å². The van der Waals surface area contributed by atoms with Crippen LogP contribution in [0.25, 0.3) is 0 Å². The zero-order valence-electron chi connectivity index (χ0n) is 9.11. The molecular weight excluding hydrogens is 190 g/mol. The van der Waals surface area contributed by atoms with E-state index in [9.17, 15) is 4.79 Å². The van der Waals surface area contributed by atoms with Crippen molar-refractivity contribution >= 4 is 5.91 Å². The number of amides is 1. The zero-order valence-corrected chi connectivity index (χ0v) is 9.11. The van der Waals surface area contributed by atoms with Crippen LogP contribution >= 0.6 is 0 Å². The second kappa shape index (κ2) is 3.76. The molecule has 2 aliphatic heterocycles. The summed E-state index contributed by atoms with van der Waals surface area (Å²) < 4.78 is 0. The molecule has 84 valence electrons. The van der Waals surface area contributed by atoms with Gasteiger partial charge in [-0.1, -0.05) is 0 Å². The maximum Gasteiger partial charge on any atom is 0.238 e. The Balaban J connectivity index is 1.59. The molecular formula is C11H19N3O. The van der Waals surface area contributed by atoms with Gasteiger partial charge in [0.1, 0.15) is 0 Å². The lowest BCUT2D eigenvalue weighted by Gasteiger charge is -2.37. The van der Waals surface area contributed by atoms with E-state index in [1.54, 1.807) is 0 Å². The monoisotopic (exact) mass is 209 g/mol. The van der Waals surface area contributed by atoms with Gasteiger partial charge in [-0.25, -0.2) is 0 Å². The van der Waals surface area contributed by atoms with Crippen molar-refractivity contribution in [3.63, 3.8) is 0 Å². The Hall–Kier alpha value is -0.610. The van der Waals surface area contributed by atoms with Crippen LogP contribution in [0.1, 0.15) is 25.7 Å². The van der Waals surface area contributed by atoms with E-state index >= 15 is 0 Å². The van der Waals surface area contributed by atoms with Gasteiger partial charge in [-0.2, -0.15) is 0 Å². The van der Waals surface area contributed by atoms with E-state index in [-0.39, 0.29) is 0 Å². The minimum absolute atomic E-state index is 0.326. The molecule has 0 radical (unpaired) electrons. The van der Waals surface area contributed by atoms with Gasteiger partial charge >= 0.3 is 0 Å². The highest BCUT2D eigenvalue weighted by atomic mass is 16.2. The van der Waals surface area contributed by atoms with E-state index in [4.69, 9.17) is 0 Å². The lowest BCUT2D eigenvalue weighted by Crippen LogP contribution is -2.56. The molecule has 1 saturated carbocycles.